The second-order valence-corrected chi connectivity index (χ2v) is 2.88. The first kappa shape index (κ1) is 9.43. The molecule has 0 rings (SSSR count). The van der Waals surface area contributed by atoms with Gasteiger partial charge in [-0.1, -0.05) is 13.8 Å². The first-order valence-corrected chi connectivity index (χ1v) is 3.42. The van der Waals surface area contributed by atoms with Crippen LogP contribution in [-0.2, 0) is 4.79 Å². The van der Waals surface area contributed by atoms with Gasteiger partial charge in [0.1, 0.15) is 0 Å². The standard InChI is InChI=1S/C7H14O3/c1-5(2)3-6(8)4-7(9)10/h5-6,8H,3-4H2,1-2H3,(H,9,10)/t6-/m0/s1. The van der Waals surface area contributed by atoms with Crippen LogP contribution in [-0.4, -0.2) is 22.3 Å². The van der Waals surface area contributed by atoms with Crippen molar-refractivity contribution in [2.24, 2.45) is 5.92 Å². The predicted molar refractivity (Wildman–Crippen MR) is 37.7 cm³/mol. The molecule has 10 heavy (non-hydrogen) atoms. The largest absolute Gasteiger partial charge is 0.481 e. The fraction of sp³-hybridized carbons (Fsp3) is 0.857. The number of carboxylic acids is 1. The van der Waals surface area contributed by atoms with Crippen LogP contribution in [0.2, 0.25) is 0 Å². The molecule has 0 aromatic carbocycles. The lowest BCUT2D eigenvalue weighted by Crippen LogP contribution is -2.14. The van der Waals surface area contributed by atoms with Crippen LogP contribution in [0.15, 0.2) is 0 Å². The minimum Gasteiger partial charge on any atom is -0.481 e. The summed E-state index contributed by atoms with van der Waals surface area (Å²) in [5, 5.41) is 17.2. The molecule has 3 heteroatoms. The molecule has 0 saturated carbocycles. The number of aliphatic hydroxyl groups excluding tert-OH is 1. The van der Waals surface area contributed by atoms with Crippen molar-refractivity contribution in [3.05, 3.63) is 0 Å². The molecule has 0 aromatic heterocycles. The molecule has 0 spiro atoms. The smallest absolute Gasteiger partial charge is 0.305 e. The molecular formula is C7H14O3. The van der Waals surface area contributed by atoms with E-state index in [1.54, 1.807) is 0 Å². The first-order valence-electron chi connectivity index (χ1n) is 3.42. The van der Waals surface area contributed by atoms with Crippen LogP contribution in [0, 0.1) is 5.92 Å². The summed E-state index contributed by atoms with van der Waals surface area (Å²) in [7, 11) is 0. The fourth-order valence-electron chi connectivity index (χ4n) is 0.829. The second kappa shape index (κ2) is 4.28. The van der Waals surface area contributed by atoms with Crippen LogP contribution < -0.4 is 0 Å². The van der Waals surface area contributed by atoms with E-state index < -0.39 is 12.1 Å². The van der Waals surface area contributed by atoms with Crippen LogP contribution >= 0.6 is 0 Å². The fourth-order valence-corrected chi connectivity index (χ4v) is 0.829. The van der Waals surface area contributed by atoms with Gasteiger partial charge in [-0.15, -0.1) is 0 Å². The molecule has 0 unspecified atom stereocenters. The molecule has 2 N–H and O–H groups in total. The molecule has 0 aliphatic heterocycles. The Balaban J connectivity index is 3.43. The van der Waals surface area contributed by atoms with Crippen molar-refractivity contribution in [1.29, 1.82) is 0 Å². The van der Waals surface area contributed by atoms with E-state index in [0.717, 1.165) is 0 Å². The molecule has 3 nitrogen and oxygen atoms in total. The maximum Gasteiger partial charge on any atom is 0.305 e. The summed E-state index contributed by atoms with van der Waals surface area (Å²) in [5.41, 5.74) is 0. The molecule has 60 valence electrons. The number of hydrogen-bond acceptors (Lipinski definition) is 2. The van der Waals surface area contributed by atoms with Crippen molar-refractivity contribution in [3.63, 3.8) is 0 Å². The summed E-state index contributed by atoms with van der Waals surface area (Å²) in [6.07, 6.45) is -0.262. The van der Waals surface area contributed by atoms with E-state index in [1.165, 1.54) is 0 Å². The third kappa shape index (κ3) is 5.56. The Hall–Kier alpha value is -0.570. The Bertz CT molecular complexity index is 109. The van der Waals surface area contributed by atoms with E-state index in [0.29, 0.717) is 12.3 Å². The van der Waals surface area contributed by atoms with Gasteiger partial charge in [0.2, 0.25) is 0 Å². The van der Waals surface area contributed by atoms with Crippen molar-refractivity contribution < 1.29 is 15.0 Å². The summed E-state index contributed by atoms with van der Waals surface area (Å²) < 4.78 is 0. The summed E-state index contributed by atoms with van der Waals surface area (Å²) in [6.45, 7) is 3.90. The second-order valence-electron chi connectivity index (χ2n) is 2.88. The van der Waals surface area contributed by atoms with E-state index in [9.17, 15) is 4.79 Å². The van der Waals surface area contributed by atoms with Gasteiger partial charge in [-0.3, -0.25) is 4.79 Å². The lowest BCUT2D eigenvalue weighted by molar-refractivity contribution is -0.139. The van der Waals surface area contributed by atoms with Gasteiger partial charge >= 0.3 is 5.97 Å². The molecule has 0 radical (unpaired) electrons. The molecule has 0 amide bonds. The Labute approximate surface area is 60.7 Å². The van der Waals surface area contributed by atoms with Crippen molar-refractivity contribution >= 4 is 5.97 Å². The van der Waals surface area contributed by atoms with E-state index >= 15 is 0 Å². The maximum atomic E-state index is 10.0. The minimum absolute atomic E-state index is 0.141. The molecule has 0 bridgehead atoms. The highest BCUT2D eigenvalue weighted by molar-refractivity contribution is 5.67. The monoisotopic (exact) mass is 146 g/mol. The number of carbonyl (C=O) groups is 1. The normalized spacial score (nSPS) is 13.6. The van der Waals surface area contributed by atoms with Crippen LogP contribution in [0.1, 0.15) is 26.7 Å². The van der Waals surface area contributed by atoms with Crippen molar-refractivity contribution in [2.45, 2.75) is 32.8 Å². The molecular weight excluding hydrogens is 132 g/mol. The van der Waals surface area contributed by atoms with Crippen LogP contribution in [0.5, 0.6) is 0 Å². The lowest BCUT2D eigenvalue weighted by Gasteiger charge is -2.09. The lowest BCUT2D eigenvalue weighted by atomic mass is 10.0. The summed E-state index contributed by atoms with van der Waals surface area (Å²) in [6, 6.07) is 0. The van der Waals surface area contributed by atoms with Gasteiger partial charge in [0.15, 0.2) is 0 Å². The molecule has 1 atom stereocenters. The van der Waals surface area contributed by atoms with E-state index in [2.05, 4.69) is 0 Å². The molecule has 0 aliphatic carbocycles. The average molecular weight is 146 g/mol. The minimum atomic E-state index is -0.937. The van der Waals surface area contributed by atoms with E-state index in [1.807, 2.05) is 13.8 Å². The van der Waals surface area contributed by atoms with Crippen molar-refractivity contribution in [3.8, 4) is 0 Å². The first-order chi connectivity index (χ1) is 4.52. The predicted octanol–water partition coefficient (Wildman–Crippen LogP) is 0.868. The van der Waals surface area contributed by atoms with Gasteiger partial charge in [-0.25, -0.2) is 0 Å². The van der Waals surface area contributed by atoms with Gasteiger partial charge in [-0.05, 0) is 12.3 Å². The SMILES string of the molecule is CC(C)C[C@H](O)CC(=O)O. The number of aliphatic carboxylic acids is 1. The third-order valence-electron chi connectivity index (χ3n) is 1.15. The zero-order valence-corrected chi connectivity index (χ0v) is 6.37. The highest BCUT2D eigenvalue weighted by atomic mass is 16.4. The highest BCUT2D eigenvalue weighted by Crippen LogP contribution is 2.06. The van der Waals surface area contributed by atoms with Gasteiger partial charge < -0.3 is 10.2 Å². The maximum absolute atomic E-state index is 10.0. The molecule has 0 aliphatic rings. The van der Waals surface area contributed by atoms with Crippen LogP contribution in [0.3, 0.4) is 0 Å². The van der Waals surface area contributed by atoms with E-state index in [-0.39, 0.29) is 6.42 Å². The van der Waals surface area contributed by atoms with Crippen molar-refractivity contribution in [2.75, 3.05) is 0 Å². The van der Waals surface area contributed by atoms with Gasteiger partial charge in [0, 0.05) is 0 Å². The van der Waals surface area contributed by atoms with Gasteiger partial charge in [0.05, 0.1) is 12.5 Å². The van der Waals surface area contributed by atoms with Crippen LogP contribution in [0.4, 0.5) is 0 Å². The molecule has 0 heterocycles. The number of rotatable bonds is 4. The summed E-state index contributed by atoms with van der Waals surface area (Å²) >= 11 is 0. The Morgan fingerprint density at radius 1 is 1.50 bits per heavy atom. The van der Waals surface area contributed by atoms with Gasteiger partial charge in [-0.2, -0.15) is 0 Å². The highest BCUT2D eigenvalue weighted by Gasteiger charge is 2.10. The zero-order valence-electron chi connectivity index (χ0n) is 6.37. The quantitative estimate of drug-likeness (QED) is 0.618. The number of carboxylic acid groups (broad SMARTS) is 1. The molecule has 0 aromatic rings. The van der Waals surface area contributed by atoms with Gasteiger partial charge in [0.25, 0.3) is 0 Å². The molecule has 0 saturated heterocycles. The van der Waals surface area contributed by atoms with Crippen molar-refractivity contribution in [1.82, 2.24) is 0 Å². The Morgan fingerprint density at radius 3 is 2.30 bits per heavy atom. The Morgan fingerprint density at radius 2 is 2.00 bits per heavy atom. The zero-order chi connectivity index (χ0) is 8.15. The third-order valence-corrected chi connectivity index (χ3v) is 1.15. The summed E-state index contributed by atoms with van der Waals surface area (Å²) in [4.78, 5) is 10.0. The van der Waals surface area contributed by atoms with Crippen LogP contribution in [0.25, 0.3) is 0 Å². The molecule has 0 fully saturated rings. The topological polar surface area (TPSA) is 57.5 Å². The Kier molecular flexibility index (Phi) is 4.03. The average Bonchev–Trinajstić information content (AvgIpc) is 1.58. The van der Waals surface area contributed by atoms with E-state index in [4.69, 9.17) is 10.2 Å². The summed E-state index contributed by atoms with van der Waals surface area (Å²) in [5.74, 6) is -0.581. The number of aliphatic hydroxyl groups is 1. The number of hydrogen-bond donors (Lipinski definition) is 2.